The van der Waals surface area contributed by atoms with Crippen molar-refractivity contribution in [2.75, 3.05) is 18.8 Å². The van der Waals surface area contributed by atoms with Gasteiger partial charge in [0.1, 0.15) is 0 Å². The minimum atomic E-state index is -3.61. The molecule has 2 aromatic carbocycles. The van der Waals surface area contributed by atoms with E-state index in [0.717, 1.165) is 10.5 Å². The SMILES string of the molecule is CCN(Cc1ccccc1)S(=O)(=O)CCN1C(=O)c2ccccc2C1=O. The second-order valence-corrected chi connectivity index (χ2v) is 8.12. The summed E-state index contributed by atoms with van der Waals surface area (Å²) < 4.78 is 26.7. The summed E-state index contributed by atoms with van der Waals surface area (Å²) in [7, 11) is -3.61. The summed E-state index contributed by atoms with van der Waals surface area (Å²) in [6, 6.07) is 15.8. The molecule has 0 atom stereocenters. The van der Waals surface area contributed by atoms with Gasteiger partial charge in [0.05, 0.1) is 16.9 Å². The summed E-state index contributed by atoms with van der Waals surface area (Å²) in [5, 5.41) is 0. The lowest BCUT2D eigenvalue weighted by Crippen LogP contribution is -2.39. The number of carbonyl (C=O) groups is 2. The predicted octanol–water partition coefficient (Wildman–Crippen LogP) is 2.13. The number of amides is 2. The summed E-state index contributed by atoms with van der Waals surface area (Å²) in [4.78, 5) is 25.7. The molecule has 0 saturated heterocycles. The van der Waals surface area contributed by atoms with Crippen molar-refractivity contribution in [2.45, 2.75) is 13.5 Å². The van der Waals surface area contributed by atoms with E-state index in [-0.39, 0.29) is 18.8 Å². The van der Waals surface area contributed by atoms with Crippen LogP contribution in [0.4, 0.5) is 0 Å². The summed E-state index contributed by atoms with van der Waals surface area (Å²) in [5.41, 5.74) is 1.54. The van der Waals surface area contributed by atoms with E-state index >= 15 is 0 Å². The van der Waals surface area contributed by atoms with Crippen molar-refractivity contribution in [1.82, 2.24) is 9.21 Å². The molecule has 6 nitrogen and oxygen atoms in total. The van der Waals surface area contributed by atoms with Crippen LogP contribution in [0.5, 0.6) is 0 Å². The maximum absolute atomic E-state index is 12.7. The van der Waals surface area contributed by atoms with Gasteiger partial charge in [-0.15, -0.1) is 0 Å². The normalized spacial score (nSPS) is 14.2. The summed E-state index contributed by atoms with van der Waals surface area (Å²) in [6.45, 7) is 2.20. The maximum Gasteiger partial charge on any atom is 0.261 e. The third-order valence-corrected chi connectivity index (χ3v) is 6.27. The second kappa shape index (κ2) is 7.39. The molecule has 0 aliphatic carbocycles. The number of imide groups is 1. The summed E-state index contributed by atoms with van der Waals surface area (Å²) in [6.07, 6.45) is 0. The van der Waals surface area contributed by atoms with Crippen LogP contribution < -0.4 is 0 Å². The van der Waals surface area contributed by atoms with Gasteiger partial charge in [0, 0.05) is 19.6 Å². The molecule has 2 aromatic rings. The third-order valence-electron chi connectivity index (χ3n) is 4.40. The Morgan fingerprint density at radius 2 is 1.42 bits per heavy atom. The summed E-state index contributed by atoms with van der Waals surface area (Å²) >= 11 is 0. The minimum absolute atomic E-state index is 0.153. The highest BCUT2D eigenvalue weighted by Gasteiger charge is 2.36. The average Bonchev–Trinajstić information content (AvgIpc) is 2.90. The van der Waals surface area contributed by atoms with Gasteiger partial charge in [-0.05, 0) is 17.7 Å². The van der Waals surface area contributed by atoms with Crippen LogP contribution in [0.2, 0.25) is 0 Å². The van der Waals surface area contributed by atoms with Crippen LogP contribution in [-0.2, 0) is 16.6 Å². The van der Waals surface area contributed by atoms with Gasteiger partial charge >= 0.3 is 0 Å². The Kier molecular flexibility index (Phi) is 5.20. The van der Waals surface area contributed by atoms with E-state index in [1.165, 1.54) is 4.31 Å². The maximum atomic E-state index is 12.7. The first kappa shape index (κ1) is 18.3. The number of carbonyl (C=O) groups excluding carboxylic acids is 2. The monoisotopic (exact) mass is 372 g/mol. The first-order chi connectivity index (χ1) is 12.4. The zero-order valence-corrected chi connectivity index (χ0v) is 15.3. The molecule has 0 N–H and O–H groups in total. The molecule has 26 heavy (non-hydrogen) atoms. The van der Waals surface area contributed by atoms with Gasteiger partial charge in [-0.1, -0.05) is 49.4 Å². The molecule has 2 amide bonds. The van der Waals surface area contributed by atoms with Gasteiger partial charge in [0.15, 0.2) is 0 Å². The molecule has 3 rings (SSSR count). The van der Waals surface area contributed by atoms with Gasteiger partial charge in [-0.2, -0.15) is 4.31 Å². The van der Waals surface area contributed by atoms with E-state index in [9.17, 15) is 18.0 Å². The lowest BCUT2D eigenvalue weighted by Gasteiger charge is -2.22. The van der Waals surface area contributed by atoms with Gasteiger partial charge < -0.3 is 0 Å². The zero-order valence-electron chi connectivity index (χ0n) is 14.5. The van der Waals surface area contributed by atoms with E-state index in [1.807, 2.05) is 30.3 Å². The van der Waals surface area contributed by atoms with E-state index in [0.29, 0.717) is 17.7 Å². The van der Waals surface area contributed by atoms with Crippen LogP contribution in [0.3, 0.4) is 0 Å². The van der Waals surface area contributed by atoms with E-state index in [4.69, 9.17) is 0 Å². The lowest BCUT2D eigenvalue weighted by atomic mass is 10.1. The molecule has 0 aromatic heterocycles. The second-order valence-electron chi connectivity index (χ2n) is 6.04. The van der Waals surface area contributed by atoms with E-state index in [1.54, 1.807) is 31.2 Å². The lowest BCUT2D eigenvalue weighted by molar-refractivity contribution is 0.0663. The molecule has 0 fully saturated rings. The molecule has 0 unspecified atom stereocenters. The standard InChI is InChI=1S/C19H20N2O4S/c1-2-20(14-15-8-4-3-5-9-15)26(24,25)13-12-21-18(22)16-10-6-7-11-17(16)19(21)23/h3-11H,2,12-14H2,1H3. The Labute approximate surface area is 153 Å². The van der Waals surface area contributed by atoms with Crippen LogP contribution in [0.25, 0.3) is 0 Å². The fourth-order valence-corrected chi connectivity index (χ4v) is 4.38. The quantitative estimate of drug-likeness (QED) is 0.698. The molecule has 1 aliphatic rings. The third kappa shape index (κ3) is 3.54. The van der Waals surface area contributed by atoms with Crippen molar-refractivity contribution in [3.8, 4) is 0 Å². The van der Waals surface area contributed by atoms with Crippen LogP contribution >= 0.6 is 0 Å². The number of fused-ring (bicyclic) bond motifs is 1. The van der Waals surface area contributed by atoms with Crippen LogP contribution in [0, 0.1) is 0 Å². The Hall–Kier alpha value is -2.51. The number of benzene rings is 2. The van der Waals surface area contributed by atoms with Crippen molar-refractivity contribution >= 4 is 21.8 Å². The first-order valence-electron chi connectivity index (χ1n) is 8.41. The van der Waals surface area contributed by atoms with Crippen molar-refractivity contribution in [3.05, 3.63) is 71.3 Å². The predicted molar refractivity (Wildman–Crippen MR) is 98.1 cm³/mol. The smallest absolute Gasteiger partial charge is 0.261 e. The van der Waals surface area contributed by atoms with Crippen LogP contribution in [-0.4, -0.2) is 48.3 Å². The fraction of sp³-hybridized carbons (Fsp3) is 0.263. The van der Waals surface area contributed by atoms with Crippen molar-refractivity contribution < 1.29 is 18.0 Å². The van der Waals surface area contributed by atoms with Gasteiger partial charge in [-0.25, -0.2) is 8.42 Å². The zero-order chi connectivity index (χ0) is 18.7. The fourth-order valence-electron chi connectivity index (χ4n) is 2.97. The molecule has 1 aliphatic heterocycles. The van der Waals surface area contributed by atoms with Crippen molar-refractivity contribution in [1.29, 1.82) is 0 Å². The Morgan fingerprint density at radius 1 is 0.885 bits per heavy atom. The number of hydrogen-bond acceptors (Lipinski definition) is 4. The largest absolute Gasteiger partial charge is 0.273 e. The van der Waals surface area contributed by atoms with Crippen LogP contribution in [0.1, 0.15) is 33.2 Å². The number of nitrogens with zero attached hydrogens (tertiary/aromatic N) is 2. The van der Waals surface area contributed by atoms with Gasteiger partial charge in [0.25, 0.3) is 11.8 Å². The topological polar surface area (TPSA) is 74.8 Å². The van der Waals surface area contributed by atoms with E-state index in [2.05, 4.69) is 0 Å². The molecule has 7 heteroatoms. The molecule has 0 bridgehead atoms. The highest BCUT2D eigenvalue weighted by molar-refractivity contribution is 7.89. The Bertz CT molecular complexity index is 891. The Morgan fingerprint density at radius 3 is 1.96 bits per heavy atom. The van der Waals surface area contributed by atoms with Crippen molar-refractivity contribution in [3.63, 3.8) is 0 Å². The number of rotatable bonds is 7. The molecule has 136 valence electrons. The van der Waals surface area contributed by atoms with Crippen molar-refractivity contribution in [2.24, 2.45) is 0 Å². The highest BCUT2D eigenvalue weighted by atomic mass is 32.2. The molecule has 0 spiro atoms. The highest BCUT2D eigenvalue weighted by Crippen LogP contribution is 2.22. The molecule has 1 heterocycles. The Balaban J connectivity index is 1.70. The number of sulfonamides is 1. The molecule has 0 saturated carbocycles. The molecular formula is C19H20N2O4S. The minimum Gasteiger partial charge on any atom is -0.273 e. The molecule has 0 radical (unpaired) electrons. The first-order valence-corrected chi connectivity index (χ1v) is 10.0. The van der Waals surface area contributed by atoms with Crippen LogP contribution in [0.15, 0.2) is 54.6 Å². The molecular weight excluding hydrogens is 352 g/mol. The van der Waals surface area contributed by atoms with Gasteiger partial charge in [-0.3, -0.25) is 14.5 Å². The van der Waals surface area contributed by atoms with E-state index < -0.39 is 21.8 Å². The average molecular weight is 372 g/mol. The number of hydrogen-bond donors (Lipinski definition) is 0. The van der Waals surface area contributed by atoms with Gasteiger partial charge in [0.2, 0.25) is 10.0 Å². The summed E-state index contributed by atoms with van der Waals surface area (Å²) in [5.74, 6) is -1.17.